The molecule has 9 heteroatoms. The highest BCUT2D eigenvalue weighted by Crippen LogP contribution is 2.23. The van der Waals surface area contributed by atoms with Crippen molar-refractivity contribution in [3.8, 4) is 11.5 Å². The van der Waals surface area contributed by atoms with Crippen LogP contribution in [0.3, 0.4) is 0 Å². The Labute approximate surface area is 142 Å². The lowest BCUT2D eigenvalue weighted by Gasteiger charge is -2.11. The molecule has 0 unspecified atom stereocenters. The van der Waals surface area contributed by atoms with Crippen LogP contribution in [0, 0.1) is 10.1 Å². The first-order chi connectivity index (χ1) is 12.0. The zero-order valence-corrected chi connectivity index (χ0v) is 13.4. The van der Waals surface area contributed by atoms with E-state index < -0.39 is 16.7 Å². The third kappa shape index (κ3) is 4.22. The maximum Gasteiger partial charge on any atom is 0.273 e. The molecule has 0 bridgehead atoms. The molecule has 0 aliphatic carbocycles. The van der Waals surface area contributed by atoms with Crippen molar-refractivity contribution >= 4 is 17.5 Å². The lowest BCUT2D eigenvalue weighted by atomic mass is 10.2. The number of rotatable bonds is 5. The Bertz CT molecular complexity index is 804. The van der Waals surface area contributed by atoms with Gasteiger partial charge in [0.05, 0.1) is 24.7 Å². The van der Waals surface area contributed by atoms with E-state index in [4.69, 9.17) is 9.47 Å². The van der Waals surface area contributed by atoms with Crippen molar-refractivity contribution in [1.82, 2.24) is 10.9 Å². The number of nitrogens with one attached hydrogen (secondary N) is 2. The van der Waals surface area contributed by atoms with E-state index in [0.717, 1.165) is 0 Å². The molecular weight excluding hydrogens is 330 g/mol. The zero-order valence-electron chi connectivity index (χ0n) is 13.4. The van der Waals surface area contributed by atoms with Crippen LogP contribution in [-0.4, -0.2) is 31.0 Å². The van der Waals surface area contributed by atoms with E-state index in [1.54, 1.807) is 12.1 Å². The lowest BCUT2D eigenvalue weighted by molar-refractivity contribution is -0.384. The summed E-state index contributed by atoms with van der Waals surface area (Å²) in [5.74, 6) is -0.466. The van der Waals surface area contributed by atoms with Gasteiger partial charge >= 0.3 is 0 Å². The van der Waals surface area contributed by atoms with Crippen LogP contribution in [0.4, 0.5) is 5.69 Å². The van der Waals surface area contributed by atoms with E-state index in [1.807, 2.05) is 0 Å². The van der Waals surface area contributed by atoms with E-state index in [9.17, 15) is 19.7 Å². The third-order valence-electron chi connectivity index (χ3n) is 3.28. The molecule has 25 heavy (non-hydrogen) atoms. The van der Waals surface area contributed by atoms with Crippen molar-refractivity contribution in [3.63, 3.8) is 0 Å². The zero-order chi connectivity index (χ0) is 18.4. The molecule has 0 saturated carbocycles. The molecule has 2 amide bonds. The molecule has 0 spiro atoms. The van der Waals surface area contributed by atoms with Crippen molar-refractivity contribution in [2.24, 2.45) is 0 Å². The molecule has 0 heterocycles. The maximum absolute atomic E-state index is 12.2. The summed E-state index contributed by atoms with van der Waals surface area (Å²) in [7, 11) is 2.87. The number of carbonyl (C=O) groups is 2. The van der Waals surface area contributed by atoms with Gasteiger partial charge < -0.3 is 9.47 Å². The Balaban J connectivity index is 2.06. The van der Waals surface area contributed by atoms with Gasteiger partial charge in [-0.05, 0) is 30.3 Å². The average Bonchev–Trinajstić information content (AvgIpc) is 2.65. The van der Waals surface area contributed by atoms with Gasteiger partial charge in [0, 0.05) is 17.7 Å². The summed E-state index contributed by atoms with van der Waals surface area (Å²) in [5.41, 5.74) is 4.67. The summed E-state index contributed by atoms with van der Waals surface area (Å²) < 4.78 is 10.2. The molecule has 0 aromatic heterocycles. The van der Waals surface area contributed by atoms with E-state index in [0.29, 0.717) is 11.5 Å². The second kappa shape index (κ2) is 7.77. The molecule has 0 fully saturated rings. The molecule has 2 N–H and O–H groups in total. The summed E-state index contributed by atoms with van der Waals surface area (Å²) in [5, 5.41) is 10.6. The minimum atomic E-state index is -0.620. The van der Waals surface area contributed by atoms with Gasteiger partial charge in [-0.2, -0.15) is 0 Å². The van der Waals surface area contributed by atoms with E-state index in [2.05, 4.69) is 10.9 Å². The molecule has 0 atom stereocenters. The minimum Gasteiger partial charge on any atom is -0.497 e. The first-order valence-corrected chi connectivity index (χ1v) is 7.03. The smallest absolute Gasteiger partial charge is 0.273 e. The second-order valence-corrected chi connectivity index (χ2v) is 4.78. The molecule has 0 aliphatic heterocycles. The number of methoxy groups -OCH3 is 2. The van der Waals surface area contributed by atoms with Crippen LogP contribution in [0.2, 0.25) is 0 Å². The number of benzene rings is 2. The number of nitro benzene ring substituents is 1. The number of hydrogen-bond donors (Lipinski definition) is 2. The van der Waals surface area contributed by atoms with Crippen molar-refractivity contribution in [2.45, 2.75) is 0 Å². The fraction of sp³-hybridized carbons (Fsp3) is 0.125. The van der Waals surface area contributed by atoms with E-state index in [1.165, 1.54) is 44.6 Å². The van der Waals surface area contributed by atoms with Gasteiger partial charge in [0.2, 0.25) is 0 Å². The van der Waals surface area contributed by atoms with Crippen LogP contribution in [0.5, 0.6) is 11.5 Å². The molecule has 2 aromatic carbocycles. The van der Waals surface area contributed by atoms with E-state index in [-0.39, 0.29) is 16.8 Å². The quantitative estimate of drug-likeness (QED) is 0.628. The number of hydrogen-bond acceptors (Lipinski definition) is 6. The summed E-state index contributed by atoms with van der Waals surface area (Å²) >= 11 is 0. The molecule has 2 rings (SSSR count). The third-order valence-corrected chi connectivity index (χ3v) is 3.28. The number of non-ortho nitro benzene ring substituents is 1. The number of carbonyl (C=O) groups excluding carboxylic acids is 2. The monoisotopic (exact) mass is 345 g/mol. The number of amides is 2. The Morgan fingerprint density at radius 1 is 0.960 bits per heavy atom. The fourth-order valence-electron chi connectivity index (χ4n) is 1.98. The van der Waals surface area contributed by atoms with Crippen LogP contribution >= 0.6 is 0 Å². The van der Waals surface area contributed by atoms with Crippen LogP contribution < -0.4 is 20.3 Å². The SMILES string of the molecule is COc1ccc(OC)c(C(=O)NNC(=O)c2ccc([N+](=O)[O-])cc2)c1. The molecule has 0 saturated heterocycles. The summed E-state index contributed by atoms with van der Waals surface area (Å²) in [6, 6.07) is 9.62. The van der Waals surface area contributed by atoms with Crippen LogP contribution in [0.15, 0.2) is 42.5 Å². The molecule has 0 aliphatic rings. The van der Waals surface area contributed by atoms with Gasteiger partial charge in [0.15, 0.2) is 0 Å². The molecule has 0 radical (unpaired) electrons. The Kier molecular flexibility index (Phi) is 5.51. The van der Waals surface area contributed by atoms with E-state index >= 15 is 0 Å². The standard InChI is InChI=1S/C16H15N3O6/c1-24-12-7-8-14(25-2)13(9-12)16(21)18-17-15(20)10-3-5-11(6-4-10)19(22)23/h3-9H,1-2H3,(H,17,20)(H,18,21). The predicted molar refractivity (Wildman–Crippen MR) is 87.6 cm³/mol. The summed E-state index contributed by atoms with van der Waals surface area (Å²) in [6.45, 7) is 0. The van der Waals surface area contributed by atoms with Crippen molar-refractivity contribution in [3.05, 3.63) is 63.7 Å². The Hall–Kier alpha value is -3.62. The highest BCUT2D eigenvalue weighted by molar-refractivity contribution is 6.00. The first kappa shape index (κ1) is 17.7. The first-order valence-electron chi connectivity index (χ1n) is 7.03. The topological polar surface area (TPSA) is 120 Å². The van der Waals surface area contributed by atoms with Gasteiger partial charge in [-0.25, -0.2) is 0 Å². The second-order valence-electron chi connectivity index (χ2n) is 4.78. The van der Waals surface area contributed by atoms with Crippen molar-refractivity contribution in [1.29, 1.82) is 0 Å². The average molecular weight is 345 g/mol. The Morgan fingerprint density at radius 3 is 2.16 bits per heavy atom. The largest absolute Gasteiger partial charge is 0.497 e. The fourth-order valence-corrected chi connectivity index (χ4v) is 1.98. The number of nitro groups is 1. The van der Waals surface area contributed by atoms with Crippen LogP contribution in [-0.2, 0) is 0 Å². The summed E-state index contributed by atoms with van der Waals surface area (Å²) in [6.07, 6.45) is 0. The minimum absolute atomic E-state index is 0.137. The van der Waals surface area contributed by atoms with Crippen LogP contribution in [0.1, 0.15) is 20.7 Å². The molecular formula is C16H15N3O6. The highest BCUT2D eigenvalue weighted by Gasteiger charge is 2.15. The molecule has 9 nitrogen and oxygen atoms in total. The Morgan fingerprint density at radius 2 is 1.60 bits per heavy atom. The lowest BCUT2D eigenvalue weighted by Crippen LogP contribution is -2.41. The van der Waals surface area contributed by atoms with Gasteiger partial charge in [-0.15, -0.1) is 0 Å². The van der Waals surface area contributed by atoms with Crippen molar-refractivity contribution < 1.29 is 24.0 Å². The van der Waals surface area contributed by atoms with Crippen LogP contribution in [0.25, 0.3) is 0 Å². The number of ether oxygens (including phenoxy) is 2. The molecule has 2 aromatic rings. The maximum atomic E-state index is 12.2. The van der Waals surface area contributed by atoms with Crippen molar-refractivity contribution in [2.75, 3.05) is 14.2 Å². The summed E-state index contributed by atoms with van der Waals surface area (Å²) in [4.78, 5) is 34.2. The normalized spacial score (nSPS) is 9.84. The number of nitrogens with zero attached hydrogens (tertiary/aromatic N) is 1. The van der Waals surface area contributed by atoms with Gasteiger partial charge in [-0.3, -0.25) is 30.6 Å². The highest BCUT2D eigenvalue weighted by atomic mass is 16.6. The van der Waals surface area contributed by atoms with Gasteiger partial charge in [0.1, 0.15) is 11.5 Å². The molecule has 130 valence electrons. The predicted octanol–water partition coefficient (Wildman–Crippen LogP) is 1.69. The number of hydrazine groups is 1. The van der Waals surface area contributed by atoms with Gasteiger partial charge in [-0.1, -0.05) is 0 Å². The van der Waals surface area contributed by atoms with Gasteiger partial charge in [0.25, 0.3) is 17.5 Å².